The number of hydrogen-bond acceptors (Lipinski definition) is 3. The highest BCUT2D eigenvalue weighted by molar-refractivity contribution is 7.81. The van der Waals surface area contributed by atoms with E-state index in [0.717, 1.165) is 11.3 Å². The summed E-state index contributed by atoms with van der Waals surface area (Å²) in [6.07, 6.45) is 2.09. The minimum absolute atomic E-state index is 0.408. The van der Waals surface area contributed by atoms with E-state index in [1.807, 2.05) is 19.1 Å². The third-order valence-corrected chi connectivity index (χ3v) is 2.09. The summed E-state index contributed by atoms with van der Waals surface area (Å²) in [7, 11) is 0. The molecule has 0 bridgehead atoms. The van der Waals surface area contributed by atoms with Gasteiger partial charge in [-0.2, -0.15) is 12.6 Å². The molecule has 0 radical (unpaired) electrons. The Hall–Kier alpha value is -1.03. The predicted molar refractivity (Wildman–Crippen MR) is 53.1 cm³/mol. The predicted octanol–water partition coefficient (Wildman–Crippen LogP) is 1.32. The van der Waals surface area contributed by atoms with Gasteiger partial charge in [0, 0.05) is 11.9 Å². The van der Waals surface area contributed by atoms with Gasteiger partial charge in [-0.1, -0.05) is 6.07 Å². The number of hydrogen-bond donors (Lipinski definition) is 2. The smallest absolute Gasteiger partial charge is 0.316 e. The van der Waals surface area contributed by atoms with Gasteiger partial charge in [0.1, 0.15) is 5.25 Å². The van der Waals surface area contributed by atoms with E-state index in [1.165, 1.54) is 0 Å². The van der Waals surface area contributed by atoms with Gasteiger partial charge in [0.15, 0.2) is 0 Å². The number of aryl methyl sites for hydroxylation is 1. The van der Waals surface area contributed by atoms with Crippen LogP contribution in [-0.2, 0) is 11.2 Å². The number of rotatable bonds is 3. The normalized spacial score (nSPS) is 12.5. The Morgan fingerprint density at radius 3 is 2.85 bits per heavy atom. The van der Waals surface area contributed by atoms with Gasteiger partial charge in [0.25, 0.3) is 0 Å². The monoisotopic (exact) mass is 197 g/mol. The van der Waals surface area contributed by atoms with Crippen LogP contribution in [0.3, 0.4) is 0 Å². The van der Waals surface area contributed by atoms with Crippen LogP contribution in [0.15, 0.2) is 18.3 Å². The van der Waals surface area contributed by atoms with Gasteiger partial charge >= 0.3 is 5.97 Å². The van der Waals surface area contributed by atoms with E-state index in [1.54, 1.807) is 6.20 Å². The Morgan fingerprint density at radius 1 is 1.69 bits per heavy atom. The standard InChI is InChI=1S/C9H11NO2S/c1-6-2-3-7(5-10-6)4-8(13)9(11)12/h2-3,5,8,13H,4H2,1H3,(H,11,12). The van der Waals surface area contributed by atoms with Crippen LogP contribution in [0.1, 0.15) is 11.3 Å². The molecule has 1 heterocycles. The number of pyridine rings is 1. The molecule has 3 nitrogen and oxygen atoms in total. The molecule has 1 N–H and O–H groups in total. The van der Waals surface area contributed by atoms with Crippen molar-refractivity contribution in [1.29, 1.82) is 0 Å². The molecule has 0 aromatic carbocycles. The number of carboxylic acid groups (broad SMARTS) is 1. The first-order valence-corrected chi connectivity index (χ1v) is 4.43. The molecule has 1 unspecified atom stereocenters. The minimum atomic E-state index is -0.899. The molecule has 1 atom stereocenters. The lowest BCUT2D eigenvalue weighted by Gasteiger charge is -2.04. The summed E-state index contributed by atoms with van der Waals surface area (Å²) in [5.74, 6) is -0.899. The van der Waals surface area contributed by atoms with Crippen molar-refractivity contribution in [2.24, 2.45) is 0 Å². The van der Waals surface area contributed by atoms with Gasteiger partial charge in [-0.3, -0.25) is 9.78 Å². The van der Waals surface area contributed by atoms with Gasteiger partial charge < -0.3 is 5.11 Å². The second-order valence-electron chi connectivity index (χ2n) is 2.87. The van der Waals surface area contributed by atoms with E-state index in [0.29, 0.717) is 6.42 Å². The molecular weight excluding hydrogens is 186 g/mol. The summed E-state index contributed by atoms with van der Waals surface area (Å²) in [6, 6.07) is 3.73. The average Bonchev–Trinajstić information content (AvgIpc) is 2.08. The van der Waals surface area contributed by atoms with Crippen molar-refractivity contribution in [3.8, 4) is 0 Å². The van der Waals surface area contributed by atoms with Gasteiger partial charge in [-0.05, 0) is 25.0 Å². The topological polar surface area (TPSA) is 50.2 Å². The van der Waals surface area contributed by atoms with Crippen molar-refractivity contribution in [2.75, 3.05) is 0 Å². The molecule has 0 aliphatic rings. The summed E-state index contributed by atoms with van der Waals surface area (Å²) in [6.45, 7) is 1.89. The van der Waals surface area contributed by atoms with E-state index in [-0.39, 0.29) is 0 Å². The van der Waals surface area contributed by atoms with E-state index >= 15 is 0 Å². The Balaban J connectivity index is 2.64. The summed E-state index contributed by atoms with van der Waals surface area (Å²) >= 11 is 3.93. The first-order valence-electron chi connectivity index (χ1n) is 3.92. The maximum Gasteiger partial charge on any atom is 0.316 e. The van der Waals surface area contributed by atoms with Crippen LogP contribution < -0.4 is 0 Å². The molecule has 0 aliphatic heterocycles. The van der Waals surface area contributed by atoms with Crippen LogP contribution in [0.4, 0.5) is 0 Å². The van der Waals surface area contributed by atoms with E-state index in [4.69, 9.17) is 5.11 Å². The fourth-order valence-electron chi connectivity index (χ4n) is 0.930. The van der Waals surface area contributed by atoms with E-state index in [2.05, 4.69) is 17.6 Å². The minimum Gasteiger partial charge on any atom is -0.480 e. The van der Waals surface area contributed by atoms with Crippen molar-refractivity contribution in [3.05, 3.63) is 29.6 Å². The Labute approximate surface area is 82.2 Å². The molecule has 70 valence electrons. The number of carbonyl (C=O) groups is 1. The molecule has 0 saturated carbocycles. The highest BCUT2D eigenvalue weighted by atomic mass is 32.1. The second-order valence-corrected chi connectivity index (χ2v) is 3.49. The maximum atomic E-state index is 10.5. The summed E-state index contributed by atoms with van der Waals surface area (Å²) in [5, 5.41) is 7.95. The van der Waals surface area contributed by atoms with Crippen molar-refractivity contribution >= 4 is 18.6 Å². The molecule has 13 heavy (non-hydrogen) atoms. The maximum absolute atomic E-state index is 10.5. The molecule has 0 saturated heterocycles. The third kappa shape index (κ3) is 3.06. The second kappa shape index (κ2) is 4.28. The molecular formula is C9H11NO2S. The fraction of sp³-hybridized carbons (Fsp3) is 0.333. The zero-order chi connectivity index (χ0) is 9.84. The summed E-state index contributed by atoms with van der Waals surface area (Å²) in [4.78, 5) is 14.5. The van der Waals surface area contributed by atoms with Crippen LogP contribution in [0.5, 0.6) is 0 Å². The highest BCUT2D eigenvalue weighted by Crippen LogP contribution is 2.07. The van der Waals surface area contributed by atoms with Crippen LogP contribution in [0.25, 0.3) is 0 Å². The highest BCUT2D eigenvalue weighted by Gasteiger charge is 2.12. The van der Waals surface area contributed by atoms with Crippen LogP contribution >= 0.6 is 12.6 Å². The number of thiol groups is 1. The van der Waals surface area contributed by atoms with E-state index in [9.17, 15) is 4.79 Å². The lowest BCUT2D eigenvalue weighted by molar-refractivity contribution is -0.136. The molecule has 0 spiro atoms. The molecule has 0 aliphatic carbocycles. The molecule has 1 aromatic rings. The molecule has 0 amide bonds. The zero-order valence-corrected chi connectivity index (χ0v) is 8.16. The van der Waals surface area contributed by atoms with Crippen LogP contribution in [0.2, 0.25) is 0 Å². The van der Waals surface area contributed by atoms with E-state index < -0.39 is 11.2 Å². The van der Waals surface area contributed by atoms with Crippen LogP contribution in [0, 0.1) is 6.92 Å². The van der Waals surface area contributed by atoms with Crippen molar-refractivity contribution in [1.82, 2.24) is 4.98 Å². The SMILES string of the molecule is Cc1ccc(CC(S)C(=O)O)cn1. The van der Waals surface area contributed by atoms with Crippen molar-refractivity contribution in [3.63, 3.8) is 0 Å². The molecule has 4 heteroatoms. The lowest BCUT2D eigenvalue weighted by atomic mass is 10.1. The summed E-state index contributed by atoms with van der Waals surface area (Å²) in [5.41, 5.74) is 1.82. The third-order valence-electron chi connectivity index (χ3n) is 1.69. The van der Waals surface area contributed by atoms with Gasteiger partial charge in [-0.25, -0.2) is 0 Å². The quantitative estimate of drug-likeness (QED) is 0.718. The largest absolute Gasteiger partial charge is 0.480 e. The zero-order valence-electron chi connectivity index (χ0n) is 7.27. The first-order chi connectivity index (χ1) is 6.09. The van der Waals surface area contributed by atoms with Gasteiger partial charge in [-0.15, -0.1) is 0 Å². The van der Waals surface area contributed by atoms with Gasteiger partial charge in [0.05, 0.1) is 0 Å². The average molecular weight is 197 g/mol. The molecule has 0 fully saturated rings. The first kappa shape index (κ1) is 10.1. The Morgan fingerprint density at radius 2 is 2.38 bits per heavy atom. The lowest BCUT2D eigenvalue weighted by Crippen LogP contribution is -2.16. The number of aromatic nitrogens is 1. The Kier molecular flexibility index (Phi) is 3.31. The molecule has 1 aromatic heterocycles. The van der Waals surface area contributed by atoms with Gasteiger partial charge in [0.2, 0.25) is 0 Å². The number of carboxylic acids is 1. The fourth-order valence-corrected chi connectivity index (χ4v) is 1.14. The van der Waals surface area contributed by atoms with Crippen LogP contribution in [-0.4, -0.2) is 21.3 Å². The van der Waals surface area contributed by atoms with Crippen molar-refractivity contribution in [2.45, 2.75) is 18.6 Å². The Bertz CT molecular complexity index is 297. The molecule has 1 rings (SSSR count). The number of nitrogens with zero attached hydrogens (tertiary/aromatic N) is 1. The van der Waals surface area contributed by atoms with Crippen molar-refractivity contribution < 1.29 is 9.90 Å². The number of aliphatic carboxylic acids is 1. The summed E-state index contributed by atoms with van der Waals surface area (Å²) < 4.78 is 0.